The Bertz CT molecular complexity index is 732. The summed E-state index contributed by atoms with van der Waals surface area (Å²) in [6.45, 7) is 6.77. The Labute approximate surface area is 177 Å². The van der Waals surface area contributed by atoms with Crippen LogP contribution in [0.3, 0.4) is 0 Å². The molecule has 0 aliphatic rings. The van der Waals surface area contributed by atoms with Crippen molar-refractivity contribution in [3.05, 3.63) is 51.8 Å². The average Bonchev–Trinajstić information content (AvgIpc) is 2.88. The molecule has 1 aromatic heterocycles. The van der Waals surface area contributed by atoms with Crippen LogP contribution in [-0.2, 0) is 24.4 Å². The van der Waals surface area contributed by atoms with Crippen molar-refractivity contribution >= 4 is 41.5 Å². The largest absolute Gasteiger partial charge is 0.383 e. The molecule has 0 bridgehead atoms. The summed E-state index contributed by atoms with van der Waals surface area (Å²) in [5.74, 6) is 0.725. The number of hydrogen-bond donors (Lipinski definition) is 2. The summed E-state index contributed by atoms with van der Waals surface area (Å²) in [6.07, 6.45) is 0. The average molecular weight is 492 g/mol. The summed E-state index contributed by atoms with van der Waals surface area (Å²) >= 11 is 6.19. The zero-order valence-electron chi connectivity index (χ0n) is 15.7. The third-order valence-corrected chi connectivity index (χ3v) is 4.47. The molecule has 1 heterocycles. The molecule has 6 nitrogen and oxygen atoms in total. The first kappa shape index (κ1) is 22.7. The summed E-state index contributed by atoms with van der Waals surface area (Å²) in [7, 11) is 3.45. The van der Waals surface area contributed by atoms with Crippen LogP contribution in [-0.4, -0.2) is 36.5 Å². The lowest BCUT2D eigenvalue weighted by Crippen LogP contribution is -2.36. The molecule has 0 spiro atoms. The van der Waals surface area contributed by atoms with Crippen LogP contribution in [0.15, 0.2) is 29.3 Å². The van der Waals surface area contributed by atoms with E-state index in [0.717, 1.165) is 34.5 Å². The molecule has 0 unspecified atom stereocenters. The molecule has 144 valence electrons. The van der Waals surface area contributed by atoms with Crippen LogP contribution in [0.4, 0.5) is 0 Å². The van der Waals surface area contributed by atoms with Crippen molar-refractivity contribution < 1.29 is 4.74 Å². The fraction of sp³-hybridized carbons (Fsp3) is 0.444. The number of hydrogen-bond acceptors (Lipinski definition) is 3. The van der Waals surface area contributed by atoms with Crippen LogP contribution in [0, 0.1) is 13.8 Å². The summed E-state index contributed by atoms with van der Waals surface area (Å²) in [5.41, 5.74) is 4.37. The summed E-state index contributed by atoms with van der Waals surface area (Å²) in [4.78, 5) is 4.27. The topological polar surface area (TPSA) is 63.5 Å². The molecule has 0 radical (unpaired) electrons. The van der Waals surface area contributed by atoms with Crippen molar-refractivity contribution in [1.82, 2.24) is 20.4 Å². The van der Waals surface area contributed by atoms with Crippen molar-refractivity contribution in [3.8, 4) is 0 Å². The second-order valence-electron chi connectivity index (χ2n) is 5.74. The predicted octanol–water partition coefficient (Wildman–Crippen LogP) is 3.28. The molecule has 0 aliphatic carbocycles. The molecular formula is C18H27ClIN5O. The lowest BCUT2D eigenvalue weighted by Gasteiger charge is -2.13. The van der Waals surface area contributed by atoms with E-state index in [1.165, 1.54) is 5.56 Å². The highest BCUT2D eigenvalue weighted by atomic mass is 127. The number of nitrogens with zero attached hydrogens (tertiary/aromatic N) is 3. The molecule has 2 aromatic rings. The summed E-state index contributed by atoms with van der Waals surface area (Å²) in [5, 5.41) is 11.9. The highest BCUT2D eigenvalue weighted by Gasteiger charge is 2.12. The third-order valence-electron chi connectivity index (χ3n) is 4.10. The lowest BCUT2D eigenvalue weighted by molar-refractivity contribution is 0.182. The maximum Gasteiger partial charge on any atom is 0.191 e. The fourth-order valence-corrected chi connectivity index (χ4v) is 2.80. The number of benzene rings is 1. The molecule has 2 N–H and O–H groups in total. The Hall–Kier alpha value is -1.32. The van der Waals surface area contributed by atoms with Gasteiger partial charge in [-0.05, 0) is 25.5 Å². The number of methoxy groups -OCH3 is 1. The Morgan fingerprint density at radius 2 is 1.92 bits per heavy atom. The van der Waals surface area contributed by atoms with E-state index in [9.17, 15) is 0 Å². The summed E-state index contributed by atoms with van der Waals surface area (Å²) in [6, 6.07) is 7.78. The second-order valence-corrected chi connectivity index (χ2v) is 6.14. The SMILES string of the molecule is CN=C(NCc1ccccc1Cl)NCc1c(C)nn(CCOC)c1C.I. The van der Waals surface area contributed by atoms with Gasteiger partial charge in [-0.1, -0.05) is 29.8 Å². The van der Waals surface area contributed by atoms with Crippen molar-refractivity contribution in [2.45, 2.75) is 33.5 Å². The standard InChI is InChI=1S/C18H26ClN5O.HI/c1-13-16(14(2)24(23-13)9-10-25-4)12-22-18(20-3)21-11-15-7-5-6-8-17(15)19;/h5-8H,9-12H2,1-4H3,(H2,20,21,22);1H. The van der Waals surface area contributed by atoms with E-state index in [2.05, 4.69) is 27.6 Å². The molecule has 8 heteroatoms. The normalized spacial score (nSPS) is 11.2. The van der Waals surface area contributed by atoms with Crippen molar-refractivity contribution in [2.24, 2.45) is 4.99 Å². The molecule has 2 rings (SSSR count). The van der Waals surface area contributed by atoms with Crippen LogP contribution in [0.1, 0.15) is 22.5 Å². The predicted molar refractivity (Wildman–Crippen MR) is 117 cm³/mol. The Balaban J connectivity index is 0.00000338. The Kier molecular flexibility index (Phi) is 9.97. The first-order valence-electron chi connectivity index (χ1n) is 8.26. The van der Waals surface area contributed by atoms with E-state index in [-0.39, 0.29) is 24.0 Å². The van der Waals surface area contributed by atoms with E-state index in [4.69, 9.17) is 16.3 Å². The quantitative estimate of drug-likeness (QED) is 0.354. The number of aryl methyl sites for hydroxylation is 1. The van der Waals surface area contributed by atoms with Crippen LogP contribution >= 0.6 is 35.6 Å². The monoisotopic (exact) mass is 491 g/mol. The van der Waals surface area contributed by atoms with Gasteiger partial charge in [-0.15, -0.1) is 24.0 Å². The van der Waals surface area contributed by atoms with Gasteiger partial charge in [0.15, 0.2) is 5.96 Å². The molecule has 0 atom stereocenters. The van der Waals surface area contributed by atoms with Gasteiger partial charge in [0.05, 0.1) is 18.8 Å². The zero-order valence-corrected chi connectivity index (χ0v) is 18.8. The van der Waals surface area contributed by atoms with Crippen LogP contribution < -0.4 is 10.6 Å². The number of rotatable bonds is 7. The molecular weight excluding hydrogens is 465 g/mol. The molecule has 0 saturated carbocycles. The number of ether oxygens (including phenoxy) is 1. The molecule has 0 fully saturated rings. The highest BCUT2D eigenvalue weighted by molar-refractivity contribution is 14.0. The lowest BCUT2D eigenvalue weighted by atomic mass is 10.2. The number of aromatic nitrogens is 2. The minimum Gasteiger partial charge on any atom is -0.383 e. The minimum atomic E-state index is 0. The first-order chi connectivity index (χ1) is 12.1. The van der Waals surface area contributed by atoms with Gasteiger partial charge >= 0.3 is 0 Å². The van der Waals surface area contributed by atoms with Crippen molar-refractivity contribution in [1.29, 1.82) is 0 Å². The van der Waals surface area contributed by atoms with Gasteiger partial charge in [0.2, 0.25) is 0 Å². The first-order valence-corrected chi connectivity index (χ1v) is 8.64. The van der Waals surface area contributed by atoms with Gasteiger partial charge < -0.3 is 15.4 Å². The van der Waals surface area contributed by atoms with E-state index in [1.54, 1.807) is 14.2 Å². The van der Waals surface area contributed by atoms with Crippen LogP contribution in [0.2, 0.25) is 5.02 Å². The maximum absolute atomic E-state index is 6.19. The van der Waals surface area contributed by atoms with Crippen LogP contribution in [0.5, 0.6) is 0 Å². The second kappa shape index (κ2) is 11.4. The third kappa shape index (κ3) is 6.14. The number of guanidine groups is 1. The van der Waals surface area contributed by atoms with Crippen molar-refractivity contribution in [2.75, 3.05) is 20.8 Å². The number of nitrogens with one attached hydrogen (secondary N) is 2. The van der Waals surface area contributed by atoms with E-state index in [1.807, 2.05) is 35.9 Å². The molecule has 26 heavy (non-hydrogen) atoms. The Morgan fingerprint density at radius 1 is 1.23 bits per heavy atom. The minimum absolute atomic E-state index is 0. The number of halogens is 2. The molecule has 0 aliphatic heterocycles. The fourth-order valence-electron chi connectivity index (χ4n) is 2.60. The van der Waals surface area contributed by atoms with Crippen LogP contribution in [0.25, 0.3) is 0 Å². The van der Waals surface area contributed by atoms with Gasteiger partial charge in [0.25, 0.3) is 0 Å². The summed E-state index contributed by atoms with van der Waals surface area (Å²) < 4.78 is 7.11. The zero-order chi connectivity index (χ0) is 18.2. The molecule has 1 aromatic carbocycles. The van der Waals surface area contributed by atoms with Gasteiger partial charge in [0, 0.05) is 43.5 Å². The van der Waals surface area contributed by atoms with Crippen molar-refractivity contribution in [3.63, 3.8) is 0 Å². The maximum atomic E-state index is 6.19. The van der Waals surface area contributed by atoms with E-state index < -0.39 is 0 Å². The smallest absolute Gasteiger partial charge is 0.191 e. The highest BCUT2D eigenvalue weighted by Crippen LogP contribution is 2.15. The molecule has 0 saturated heterocycles. The molecule has 0 amide bonds. The number of aliphatic imine (C=N–C) groups is 1. The van der Waals surface area contributed by atoms with E-state index in [0.29, 0.717) is 19.7 Å². The van der Waals surface area contributed by atoms with Gasteiger partial charge in [-0.3, -0.25) is 9.67 Å². The van der Waals surface area contributed by atoms with Gasteiger partial charge in [-0.2, -0.15) is 5.10 Å². The van der Waals surface area contributed by atoms with Gasteiger partial charge in [-0.25, -0.2) is 0 Å². The van der Waals surface area contributed by atoms with Gasteiger partial charge in [0.1, 0.15) is 0 Å². The van der Waals surface area contributed by atoms with E-state index >= 15 is 0 Å². The Morgan fingerprint density at radius 3 is 2.58 bits per heavy atom.